The van der Waals surface area contributed by atoms with Crippen LogP contribution in [0.15, 0.2) is 140 Å². The van der Waals surface area contributed by atoms with Crippen LogP contribution in [0.5, 0.6) is 0 Å². The molecule has 0 N–H and O–H groups in total. The van der Waals surface area contributed by atoms with Crippen molar-refractivity contribution in [2.75, 3.05) is 4.90 Å². The summed E-state index contributed by atoms with van der Waals surface area (Å²) in [7, 11) is 0. The standard InChI is InChI=1S/C37H23N3O2/c41-36-30-12-6-14-34(35(30)37(42)39(36)28-18-15-25(16-19-28)24-8-2-1-3-9-24)40-32-13-5-4-11-29(32)31-22-26(17-20-33(31)40)27-10-7-21-38-23-27/h1-23H. The van der Waals surface area contributed by atoms with Crippen molar-refractivity contribution >= 4 is 39.3 Å². The van der Waals surface area contributed by atoms with Gasteiger partial charge in [0, 0.05) is 28.7 Å². The first kappa shape index (κ1) is 24.0. The van der Waals surface area contributed by atoms with E-state index in [0.29, 0.717) is 22.5 Å². The number of imide groups is 1. The van der Waals surface area contributed by atoms with E-state index < -0.39 is 0 Å². The summed E-state index contributed by atoms with van der Waals surface area (Å²) in [5.74, 6) is -0.639. The molecule has 3 heterocycles. The Kier molecular flexibility index (Phi) is 5.37. The molecule has 1 aliphatic rings. The van der Waals surface area contributed by atoms with Gasteiger partial charge in [0.15, 0.2) is 0 Å². The summed E-state index contributed by atoms with van der Waals surface area (Å²) >= 11 is 0. The lowest BCUT2D eigenvalue weighted by Crippen LogP contribution is -2.29. The van der Waals surface area contributed by atoms with Crippen molar-refractivity contribution < 1.29 is 9.59 Å². The van der Waals surface area contributed by atoms with Crippen molar-refractivity contribution in [3.63, 3.8) is 0 Å². The summed E-state index contributed by atoms with van der Waals surface area (Å²) in [6.07, 6.45) is 3.62. The molecule has 2 aromatic heterocycles. The van der Waals surface area contributed by atoms with E-state index in [1.807, 2.05) is 97.2 Å². The number of para-hydroxylation sites is 1. The number of rotatable bonds is 4. The van der Waals surface area contributed by atoms with Crippen LogP contribution in [-0.2, 0) is 0 Å². The quantitative estimate of drug-likeness (QED) is 0.211. The molecule has 5 aromatic carbocycles. The third kappa shape index (κ3) is 3.61. The van der Waals surface area contributed by atoms with Gasteiger partial charge in [-0.2, -0.15) is 0 Å². The molecular weight excluding hydrogens is 518 g/mol. The number of fused-ring (bicyclic) bond motifs is 4. The van der Waals surface area contributed by atoms with E-state index >= 15 is 0 Å². The Hall–Kier alpha value is -5.81. The van der Waals surface area contributed by atoms with Crippen LogP contribution in [0.25, 0.3) is 49.7 Å². The monoisotopic (exact) mass is 541 g/mol. The minimum Gasteiger partial charge on any atom is -0.308 e. The van der Waals surface area contributed by atoms with Crippen LogP contribution in [0.1, 0.15) is 20.7 Å². The number of aromatic nitrogens is 2. The molecule has 8 rings (SSSR count). The molecule has 0 spiro atoms. The van der Waals surface area contributed by atoms with E-state index in [2.05, 4.69) is 39.9 Å². The smallest absolute Gasteiger partial charge is 0.268 e. The molecule has 0 saturated heterocycles. The van der Waals surface area contributed by atoms with Crippen molar-refractivity contribution in [1.82, 2.24) is 9.55 Å². The summed E-state index contributed by atoms with van der Waals surface area (Å²) in [6, 6.07) is 41.6. The van der Waals surface area contributed by atoms with Crippen molar-refractivity contribution in [3.8, 4) is 27.9 Å². The second-order valence-electron chi connectivity index (χ2n) is 10.4. The summed E-state index contributed by atoms with van der Waals surface area (Å²) in [6.45, 7) is 0. The van der Waals surface area contributed by atoms with E-state index in [1.165, 1.54) is 4.90 Å². The first-order chi connectivity index (χ1) is 20.7. The predicted molar refractivity (Wildman–Crippen MR) is 167 cm³/mol. The Bertz CT molecular complexity index is 2170. The fraction of sp³-hybridized carbons (Fsp3) is 0. The van der Waals surface area contributed by atoms with Gasteiger partial charge in [0.1, 0.15) is 0 Å². The van der Waals surface area contributed by atoms with Gasteiger partial charge in [-0.15, -0.1) is 0 Å². The number of benzene rings is 5. The highest BCUT2D eigenvalue weighted by atomic mass is 16.2. The first-order valence-corrected chi connectivity index (χ1v) is 13.8. The summed E-state index contributed by atoms with van der Waals surface area (Å²) in [5, 5.41) is 2.13. The SMILES string of the molecule is O=C1c2cccc(-n3c4ccccc4c4cc(-c5cccnc5)ccc43)c2C(=O)N1c1ccc(-c2ccccc2)cc1. The lowest BCUT2D eigenvalue weighted by Gasteiger charge is -2.15. The fourth-order valence-corrected chi connectivity index (χ4v) is 6.07. The topological polar surface area (TPSA) is 55.2 Å². The Balaban J connectivity index is 1.27. The molecule has 5 nitrogen and oxygen atoms in total. The Morgan fingerprint density at radius 1 is 0.524 bits per heavy atom. The molecule has 7 aromatic rings. The fourth-order valence-electron chi connectivity index (χ4n) is 6.07. The molecule has 0 unspecified atom stereocenters. The maximum absolute atomic E-state index is 14.1. The molecule has 0 aliphatic carbocycles. The maximum Gasteiger partial charge on any atom is 0.268 e. The molecule has 0 radical (unpaired) electrons. The van der Waals surface area contributed by atoms with Crippen LogP contribution < -0.4 is 4.90 Å². The van der Waals surface area contributed by atoms with Crippen LogP contribution in [0.4, 0.5) is 5.69 Å². The molecule has 42 heavy (non-hydrogen) atoms. The normalized spacial score (nSPS) is 12.8. The number of hydrogen-bond donors (Lipinski definition) is 0. The van der Waals surface area contributed by atoms with E-state index in [9.17, 15) is 9.59 Å². The molecule has 1 aliphatic heterocycles. The molecule has 0 bridgehead atoms. The van der Waals surface area contributed by atoms with Crippen LogP contribution in [0, 0.1) is 0 Å². The molecule has 2 amide bonds. The number of carbonyl (C=O) groups is 2. The molecular formula is C37H23N3O2. The van der Waals surface area contributed by atoms with Crippen LogP contribution >= 0.6 is 0 Å². The Morgan fingerprint density at radius 3 is 2.05 bits per heavy atom. The van der Waals surface area contributed by atoms with E-state index in [1.54, 1.807) is 12.3 Å². The highest BCUT2D eigenvalue weighted by Crippen LogP contribution is 2.39. The van der Waals surface area contributed by atoms with Gasteiger partial charge in [0.25, 0.3) is 11.8 Å². The number of anilines is 1. The summed E-state index contributed by atoms with van der Waals surface area (Å²) in [4.78, 5) is 33.4. The van der Waals surface area contributed by atoms with Gasteiger partial charge in [-0.25, -0.2) is 4.90 Å². The van der Waals surface area contributed by atoms with E-state index in [-0.39, 0.29) is 11.8 Å². The van der Waals surface area contributed by atoms with Gasteiger partial charge < -0.3 is 4.57 Å². The third-order valence-corrected chi connectivity index (χ3v) is 8.03. The van der Waals surface area contributed by atoms with Crippen molar-refractivity contribution in [3.05, 3.63) is 151 Å². The highest BCUT2D eigenvalue weighted by Gasteiger charge is 2.39. The second kappa shape index (κ2) is 9.39. The number of carbonyl (C=O) groups excluding carboxylic acids is 2. The Labute approximate surface area is 241 Å². The van der Waals surface area contributed by atoms with E-state index in [0.717, 1.165) is 44.1 Å². The zero-order chi connectivity index (χ0) is 28.2. The number of amides is 2. The average Bonchev–Trinajstić information content (AvgIpc) is 3.52. The number of nitrogens with zero attached hydrogens (tertiary/aromatic N) is 3. The molecule has 5 heteroatoms. The van der Waals surface area contributed by atoms with Gasteiger partial charge in [-0.3, -0.25) is 14.6 Å². The lowest BCUT2D eigenvalue weighted by molar-refractivity contribution is 0.0926. The van der Waals surface area contributed by atoms with Crippen molar-refractivity contribution in [2.45, 2.75) is 0 Å². The first-order valence-electron chi connectivity index (χ1n) is 13.8. The molecule has 198 valence electrons. The zero-order valence-electron chi connectivity index (χ0n) is 22.4. The number of pyridine rings is 1. The summed E-state index contributed by atoms with van der Waals surface area (Å²) < 4.78 is 2.10. The van der Waals surface area contributed by atoms with Gasteiger partial charge >= 0.3 is 0 Å². The van der Waals surface area contributed by atoms with Crippen molar-refractivity contribution in [1.29, 1.82) is 0 Å². The summed E-state index contributed by atoms with van der Waals surface area (Å²) in [5.41, 5.74) is 8.18. The number of hydrogen-bond acceptors (Lipinski definition) is 3. The van der Waals surface area contributed by atoms with Crippen molar-refractivity contribution in [2.24, 2.45) is 0 Å². The van der Waals surface area contributed by atoms with Crippen LogP contribution in [0.2, 0.25) is 0 Å². The minimum absolute atomic E-state index is 0.316. The average molecular weight is 542 g/mol. The zero-order valence-corrected chi connectivity index (χ0v) is 22.4. The predicted octanol–water partition coefficient (Wildman–Crippen LogP) is 8.31. The van der Waals surface area contributed by atoms with Crippen LogP contribution in [0.3, 0.4) is 0 Å². The Morgan fingerprint density at radius 2 is 1.24 bits per heavy atom. The van der Waals surface area contributed by atoms with Gasteiger partial charge in [0.05, 0.1) is 33.5 Å². The molecule has 0 atom stereocenters. The maximum atomic E-state index is 14.1. The second-order valence-corrected chi connectivity index (χ2v) is 10.4. The van der Waals surface area contributed by atoms with E-state index in [4.69, 9.17) is 0 Å². The largest absolute Gasteiger partial charge is 0.308 e. The van der Waals surface area contributed by atoms with Crippen LogP contribution in [-0.4, -0.2) is 21.4 Å². The highest BCUT2D eigenvalue weighted by molar-refractivity contribution is 6.35. The van der Waals surface area contributed by atoms with Gasteiger partial charge in [-0.1, -0.05) is 78.9 Å². The lowest BCUT2D eigenvalue weighted by atomic mass is 10.0. The minimum atomic E-state index is -0.323. The molecule has 0 fully saturated rings. The third-order valence-electron chi connectivity index (χ3n) is 8.03. The molecule has 0 saturated carbocycles. The van der Waals surface area contributed by atoms with Gasteiger partial charge in [-0.05, 0) is 65.2 Å². The van der Waals surface area contributed by atoms with Gasteiger partial charge in [0.2, 0.25) is 0 Å².